The molecule has 8 heteroatoms. The number of halogens is 1. The van der Waals surface area contributed by atoms with Crippen molar-refractivity contribution in [3.63, 3.8) is 0 Å². The van der Waals surface area contributed by atoms with E-state index in [9.17, 15) is 13.2 Å². The number of aromatic carboxylic acids is 1. The fraction of sp³-hybridized carbons (Fsp3) is 0.462. The second-order valence-electron chi connectivity index (χ2n) is 4.75. The quantitative estimate of drug-likeness (QED) is 0.911. The number of nitrogens with zero attached hydrogens (tertiary/aromatic N) is 1. The van der Waals surface area contributed by atoms with Crippen LogP contribution in [-0.2, 0) is 14.8 Å². The maximum absolute atomic E-state index is 12.7. The van der Waals surface area contributed by atoms with Crippen LogP contribution in [0, 0.1) is 6.92 Å². The Bertz CT molecular complexity index is 651. The normalized spacial score (nSPS) is 17.4. The lowest BCUT2D eigenvalue weighted by atomic mass is 10.1. The minimum atomic E-state index is -3.79. The molecule has 0 aliphatic carbocycles. The van der Waals surface area contributed by atoms with Crippen LogP contribution in [0.5, 0.6) is 0 Å². The number of benzene rings is 1. The van der Waals surface area contributed by atoms with E-state index >= 15 is 0 Å². The molecule has 1 heterocycles. The number of hydrogen-bond acceptors (Lipinski definition) is 4. The monoisotopic (exact) mass is 333 g/mol. The molecule has 1 saturated heterocycles. The van der Waals surface area contributed by atoms with Crippen molar-refractivity contribution in [3.8, 4) is 0 Å². The number of hydrogen-bond donors (Lipinski definition) is 1. The number of carboxylic acids is 1. The summed E-state index contributed by atoms with van der Waals surface area (Å²) in [5.41, 5.74) is 0.0872. The second kappa shape index (κ2) is 6.31. The van der Waals surface area contributed by atoms with Crippen molar-refractivity contribution in [1.29, 1.82) is 0 Å². The van der Waals surface area contributed by atoms with Crippen LogP contribution in [0.25, 0.3) is 0 Å². The molecular formula is C13H16ClNO5S. The molecule has 0 aromatic heterocycles. The van der Waals surface area contributed by atoms with Gasteiger partial charge >= 0.3 is 5.97 Å². The maximum atomic E-state index is 12.7. The highest BCUT2D eigenvalue weighted by Gasteiger charge is 2.29. The van der Waals surface area contributed by atoms with Crippen molar-refractivity contribution in [3.05, 3.63) is 28.3 Å². The van der Waals surface area contributed by atoms with Crippen LogP contribution in [0.2, 0.25) is 5.02 Å². The van der Waals surface area contributed by atoms with Gasteiger partial charge in [-0.2, -0.15) is 4.31 Å². The van der Waals surface area contributed by atoms with Crippen LogP contribution < -0.4 is 0 Å². The summed E-state index contributed by atoms with van der Waals surface area (Å²) in [5, 5.41) is 9.23. The van der Waals surface area contributed by atoms with Gasteiger partial charge in [0.25, 0.3) is 0 Å². The van der Waals surface area contributed by atoms with E-state index in [0.717, 1.165) is 0 Å². The van der Waals surface area contributed by atoms with Crippen LogP contribution in [-0.4, -0.2) is 50.1 Å². The summed E-state index contributed by atoms with van der Waals surface area (Å²) in [6.45, 7) is 2.90. The van der Waals surface area contributed by atoms with Gasteiger partial charge in [-0.15, -0.1) is 0 Å². The first-order valence-corrected chi connectivity index (χ1v) is 8.27. The third-order valence-electron chi connectivity index (χ3n) is 3.35. The van der Waals surface area contributed by atoms with Gasteiger partial charge in [0.15, 0.2) is 0 Å². The zero-order chi connectivity index (χ0) is 15.6. The summed E-state index contributed by atoms with van der Waals surface area (Å²) in [7, 11) is -3.79. The molecule has 1 aromatic carbocycles. The van der Waals surface area contributed by atoms with E-state index in [4.69, 9.17) is 21.4 Å². The Hall–Kier alpha value is -1.15. The number of carboxylic acid groups (broad SMARTS) is 1. The van der Waals surface area contributed by atoms with Gasteiger partial charge in [0, 0.05) is 24.7 Å². The Morgan fingerprint density at radius 2 is 2.05 bits per heavy atom. The van der Waals surface area contributed by atoms with Gasteiger partial charge in [0.2, 0.25) is 10.0 Å². The summed E-state index contributed by atoms with van der Waals surface area (Å²) in [4.78, 5) is 11.1. The third kappa shape index (κ3) is 3.37. The number of carbonyl (C=O) groups is 1. The summed E-state index contributed by atoms with van der Waals surface area (Å²) >= 11 is 5.87. The molecule has 21 heavy (non-hydrogen) atoms. The molecule has 1 aromatic rings. The molecule has 1 aliphatic rings. The van der Waals surface area contributed by atoms with Crippen LogP contribution in [0.1, 0.15) is 22.3 Å². The van der Waals surface area contributed by atoms with Gasteiger partial charge in [-0.05, 0) is 31.0 Å². The molecule has 116 valence electrons. The van der Waals surface area contributed by atoms with E-state index in [0.29, 0.717) is 26.2 Å². The number of sulfonamides is 1. The average molecular weight is 334 g/mol. The van der Waals surface area contributed by atoms with E-state index in [1.54, 1.807) is 0 Å². The fourth-order valence-electron chi connectivity index (χ4n) is 2.25. The summed E-state index contributed by atoms with van der Waals surface area (Å²) in [5.74, 6) is -1.20. The fourth-order valence-corrected chi connectivity index (χ4v) is 4.26. The van der Waals surface area contributed by atoms with Crippen molar-refractivity contribution < 1.29 is 23.1 Å². The van der Waals surface area contributed by atoms with Crippen molar-refractivity contribution in [2.45, 2.75) is 18.2 Å². The largest absolute Gasteiger partial charge is 0.478 e. The molecule has 0 bridgehead atoms. The predicted octanol–water partition coefficient (Wildman–Crippen LogP) is 1.76. The zero-order valence-corrected chi connectivity index (χ0v) is 13.1. The highest BCUT2D eigenvalue weighted by Crippen LogP contribution is 2.27. The Kier molecular flexibility index (Phi) is 4.88. The minimum absolute atomic E-state index is 0.0608. The molecule has 0 amide bonds. The van der Waals surface area contributed by atoms with E-state index in [-0.39, 0.29) is 27.6 Å². The molecule has 0 atom stereocenters. The first-order chi connectivity index (χ1) is 9.84. The highest BCUT2D eigenvalue weighted by molar-refractivity contribution is 7.89. The lowest BCUT2D eigenvalue weighted by molar-refractivity contribution is 0.0695. The average Bonchev–Trinajstić information content (AvgIpc) is 2.70. The Balaban J connectivity index is 2.51. The topological polar surface area (TPSA) is 83.9 Å². The van der Waals surface area contributed by atoms with E-state index < -0.39 is 16.0 Å². The molecule has 0 saturated carbocycles. The number of rotatable bonds is 3. The Morgan fingerprint density at radius 3 is 2.71 bits per heavy atom. The van der Waals surface area contributed by atoms with Gasteiger partial charge in [-0.25, -0.2) is 13.2 Å². The first-order valence-electron chi connectivity index (χ1n) is 6.45. The van der Waals surface area contributed by atoms with Gasteiger partial charge in [-0.3, -0.25) is 0 Å². The Morgan fingerprint density at radius 1 is 1.33 bits per heavy atom. The van der Waals surface area contributed by atoms with Crippen molar-refractivity contribution in [1.82, 2.24) is 4.31 Å². The SMILES string of the molecule is Cc1c(C(=O)O)cc(Cl)cc1S(=O)(=O)N1CCCOCC1. The van der Waals surface area contributed by atoms with E-state index in [2.05, 4.69) is 0 Å². The molecule has 0 spiro atoms. The van der Waals surface area contributed by atoms with Gasteiger partial charge < -0.3 is 9.84 Å². The van der Waals surface area contributed by atoms with Crippen LogP contribution in [0.4, 0.5) is 0 Å². The van der Waals surface area contributed by atoms with Crippen LogP contribution >= 0.6 is 11.6 Å². The summed E-state index contributed by atoms with van der Waals surface area (Å²) in [6.07, 6.45) is 0.602. The van der Waals surface area contributed by atoms with Crippen molar-refractivity contribution >= 4 is 27.6 Å². The predicted molar refractivity (Wildman–Crippen MR) is 77.3 cm³/mol. The third-order valence-corrected chi connectivity index (χ3v) is 5.60. The molecule has 1 aliphatic heterocycles. The molecule has 0 radical (unpaired) electrons. The zero-order valence-electron chi connectivity index (χ0n) is 11.5. The lowest BCUT2D eigenvalue weighted by Gasteiger charge is -2.21. The van der Waals surface area contributed by atoms with Crippen LogP contribution in [0.15, 0.2) is 17.0 Å². The minimum Gasteiger partial charge on any atom is -0.478 e. The lowest BCUT2D eigenvalue weighted by Crippen LogP contribution is -2.34. The smallest absolute Gasteiger partial charge is 0.336 e. The standard InChI is InChI=1S/C13H16ClNO5S/c1-9-11(13(16)17)7-10(14)8-12(9)21(18,19)15-3-2-5-20-6-4-15/h7-8H,2-6H2,1H3,(H,16,17). The summed E-state index contributed by atoms with van der Waals surface area (Å²) < 4.78 is 32.0. The molecular weight excluding hydrogens is 318 g/mol. The van der Waals surface area contributed by atoms with Crippen LogP contribution in [0.3, 0.4) is 0 Å². The van der Waals surface area contributed by atoms with Gasteiger partial charge in [-0.1, -0.05) is 11.6 Å². The Labute approximate surface area is 128 Å². The summed E-state index contributed by atoms with van der Waals surface area (Å²) in [6, 6.07) is 2.55. The molecule has 1 fully saturated rings. The molecule has 6 nitrogen and oxygen atoms in total. The first kappa shape index (κ1) is 16.2. The molecule has 0 unspecified atom stereocenters. The van der Waals surface area contributed by atoms with Crippen molar-refractivity contribution in [2.24, 2.45) is 0 Å². The van der Waals surface area contributed by atoms with E-state index in [1.807, 2.05) is 0 Å². The van der Waals surface area contributed by atoms with Gasteiger partial charge in [0.1, 0.15) is 0 Å². The maximum Gasteiger partial charge on any atom is 0.336 e. The molecule has 1 N–H and O–H groups in total. The highest BCUT2D eigenvalue weighted by atomic mass is 35.5. The van der Waals surface area contributed by atoms with E-state index in [1.165, 1.54) is 23.4 Å². The number of ether oxygens (including phenoxy) is 1. The van der Waals surface area contributed by atoms with Crippen molar-refractivity contribution in [2.75, 3.05) is 26.3 Å². The molecule has 2 rings (SSSR count). The van der Waals surface area contributed by atoms with Gasteiger partial charge in [0.05, 0.1) is 17.1 Å². The second-order valence-corrected chi connectivity index (χ2v) is 7.09.